The summed E-state index contributed by atoms with van der Waals surface area (Å²) in [7, 11) is 0. The van der Waals surface area contributed by atoms with E-state index in [-0.39, 0.29) is 12.4 Å². The first-order chi connectivity index (χ1) is 4.16. The Hall–Kier alpha value is 0.0500. The smallest absolute Gasteiger partial charge is 0.308 e. The van der Waals surface area contributed by atoms with Gasteiger partial charge in [0.2, 0.25) is 0 Å². The van der Waals surface area contributed by atoms with Crippen molar-refractivity contribution in [1.82, 2.24) is 0 Å². The van der Waals surface area contributed by atoms with E-state index >= 15 is 0 Å². The number of halogens is 2. The lowest BCUT2D eigenvalue weighted by molar-refractivity contribution is -0.142. The SMILES string of the molecule is CCOC(=O)CC(Cl)Cl. The van der Waals surface area contributed by atoms with Gasteiger partial charge in [0, 0.05) is 0 Å². The molecule has 9 heavy (non-hydrogen) atoms. The normalized spacial score (nSPS) is 9.78. The van der Waals surface area contributed by atoms with E-state index in [1.165, 1.54) is 0 Å². The molecule has 0 radical (unpaired) electrons. The molecule has 0 saturated heterocycles. The highest BCUT2D eigenvalue weighted by atomic mass is 35.5. The average Bonchev–Trinajstić information content (AvgIpc) is 1.63. The minimum absolute atomic E-state index is 0.0664. The molecule has 0 N–H and O–H groups in total. The largest absolute Gasteiger partial charge is 0.466 e. The maximum Gasteiger partial charge on any atom is 0.308 e. The summed E-state index contributed by atoms with van der Waals surface area (Å²) in [4.78, 5) is 9.81. The number of rotatable bonds is 3. The Balaban J connectivity index is 3.27. The zero-order valence-electron chi connectivity index (χ0n) is 5.06. The van der Waals surface area contributed by atoms with Crippen LogP contribution in [0.4, 0.5) is 0 Å². The molecule has 0 rings (SSSR count). The number of alkyl halides is 2. The van der Waals surface area contributed by atoms with Gasteiger partial charge in [-0.25, -0.2) is 0 Å². The highest BCUT2D eigenvalue weighted by Gasteiger charge is 2.06. The van der Waals surface area contributed by atoms with Crippen LogP contribution in [0.1, 0.15) is 13.3 Å². The molecule has 0 aliphatic carbocycles. The van der Waals surface area contributed by atoms with Crippen molar-refractivity contribution < 1.29 is 9.53 Å². The van der Waals surface area contributed by atoms with E-state index in [2.05, 4.69) is 4.74 Å². The van der Waals surface area contributed by atoms with Gasteiger partial charge in [-0.1, -0.05) is 0 Å². The van der Waals surface area contributed by atoms with Crippen molar-refractivity contribution in [1.29, 1.82) is 0 Å². The van der Waals surface area contributed by atoms with Crippen molar-refractivity contribution in [3.05, 3.63) is 0 Å². The van der Waals surface area contributed by atoms with E-state index in [4.69, 9.17) is 23.2 Å². The van der Waals surface area contributed by atoms with Crippen LogP contribution in [0.15, 0.2) is 0 Å². The molecule has 0 spiro atoms. The molecular formula is C5H8Cl2O2. The van der Waals surface area contributed by atoms with E-state index in [1.807, 2.05) is 0 Å². The fraction of sp³-hybridized carbons (Fsp3) is 0.800. The average molecular weight is 171 g/mol. The molecule has 0 atom stereocenters. The summed E-state index contributed by atoms with van der Waals surface area (Å²) in [6.45, 7) is 2.11. The van der Waals surface area contributed by atoms with Crippen LogP contribution in [0, 0.1) is 0 Å². The highest BCUT2D eigenvalue weighted by Crippen LogP contribution is 2.07. The van der Waals surface area contributed by atoms with Crippen LogP contribution in [0.3, 0.4) is 0 Å². The maximum atomic E-state index is 10.5. The van der Waals surface area contributed by atoms with Crippen molar-refractivity contribution in [2.45, 2.75) is 18.2 Å². The topological polar surface area (TPSA) is 26.3 Å². The van der Waals surface area contributed by atoms with Crippen molar-refractivity contribution >= 4 is 29.2 Å². The minimum Gasteiger partial charge on any atom is -0.466 e. The molecular weight excluding hydrogens is 163 g/mol. The molecule has 0 aromatic heterocycles. The third-order valence-corrected chi connectivity index (χ3v) is 0.935. The van der Waals surface area contributed by atoms with Gasteiger partial charge in [0.25, 0.3) is 0 Å². The second-order valence-corrected chi connectivity index (χ2v) is 2.68. The molecule has 0 aromatic rings. The number of esters is 1. The summed E-state index contributed by atoms with van der Waals surface area (Å²) >= 11 is 10.5. The lowest BCUT2D eigenvalue weighted by atomic mass is 10.5. The van der Waals surface area contributed by atoms with E-state index in [0.29, 0.717) is 6.61 Å². The van der Waals surface area contributed by atoms with Crippen LogP contribution in [-0.4, -0.2) is 17.4 Å². The standard InChI is InChI=1S/C5H8Cl2O2/c1-2-9-5(8)3-4(6)7/h4H,2-3H2,1H3. The summed E-state index contributed by atoms with van der Waals surface area (Å²) in [5.41, 5.74) is 0. The Morgan fingerprint density at radius 2 is 2.22 bits per heavy atom. The summed E-state index contributed by atoms with van der Waals surface area (Å²) in [6, 6.07) is 0. The van der Waals surface area contributed by atoms with Gasteiger partial charge < -0.3 is 4.74 Å². The molecule has 0 heterocycles. The first-order valence-electron chi connectivity index (χ1n) is 2.60. The van der Waals surface area contributed by atoms with Gasteiger partial charge >= 0.3 is 5.97 Å². The predicted octanol–water partition coefficient (Wildman–Crippen LogP) is 1.74. The molecule has 0 bridgehead atoms. The number of ether oxygens (including phenoxy) is 1. The molecule has 0 aliphatic heterocycles. The Kier molecular flexibility index (Phi) is 4.91. The Bertz CT molecular complexity index is 93.0. The number of hydrogen-bond acceptors (Lipinski definition) is 2. The number of carbonyl (C=O) groups excluding carboxylic acids is 1. The van der Waals surface area contributed by atoms with E-state index < -0.39 is 4.84 Å². The lowest BCUT2D eigenvalue weighted by Gasteiger charge is -1.99. The zero-order chi connectivity index (χ0) is 7.28. The summed E-state index contributed by atoms with van der Waals surface area (Å²) in [5, 5.41) is 0. The Labute approximate surface area is 64.1 Å². The molecule has 0 unspecified atom stereocenters. The fourth-order valence-corrected chi connectivity index (χ4v) is 0.598. The Morgan fingerprint density at radius 3 is 2.56 bits per heavy atom. The van der Waals surface area contributed by atoms with Gasteiger partial charge in [-0.2, -0.15) is 0 Å². The number of carbonyl (C=O) groups is 1. The van der Waals surface area contributed by atoms with Crippen LogP contribution in [0.25, 0.3) is 0 Å². The van der Waals surface area contributed by atoms with Crippen molar-refractivity contribution in [3.8, 4) is 0 Å². The molecule has 0 fully saturated rings. The van der Waals surface area contributed by atoms with E-state index in [1.54, 1.807) is 6.92 Å². The quantitative estimate of drug-likeness (QED) is 0.477. The zero-order valence-corrected chi connectivity index (χ0v) is 6.58. The van der Waals surface area contributed by atoms with Crippen LogP contribution >= 0.6 is 23.2 Å². The summed E-state index contributed by atoms with van der Waals surface area (Å²) < 4.78 is 4.54. The van der Waals surface area contributed by atoms with E-state index in [0.717, 1.165) is 0 Å². The third-order valence-electron chi connectivity index (χ3n) is 0.626. The molecule has 4 heteroatoms. The van der Waals surface area contributed by atoms with Gasteiger partial charge in [-0.15, -0.1) is 23.2 Å². The summed E-state index contributed by atoms with van der Waals surface area (Å²) in [5.74, 6) is -0.354. The van der Waals surface area contributed by atoms with Gasteiger partial charge in [0.05, 0.1) is 13.0 Å². The third kappa shape index (κ3) is 5.93. The lowest BCUT2D eigenvalue weighted by Crippen LogP contribution is -2.07. The minimum atomic E-state index is -0.649. The second kappa shape index (κ2) is 4.89. The fourth-order valence-electron chi connectivity index (χ4n) is 0.346. The molecule has 0 aromatic carbocycles. The van der Waals surface area contributed by atoms with Gasteiger partial charge in [0.15, 0.2) is 0 Å². The predicted molar refractivity (Wildman–Crippen MR) is 36.7 cm³/mol. The highest BCUT2D eigenvalue weighted by molar-refractivity contribution is 6.45. The Morgan fingerprint density at radius 1 is 1.67 bits per heavy atom. The van der Waals surface area contributed by atoms with E-state index in [9.17, 15) is 4.79 Å². The molecule has 0 aliphatic rings. The first-order valence-corrected chi connectivity index (χ1v) is 3.48. The van der Waals surface area contributed by atoms with Gasteiger partial charge in [-0.3, -0.25) is 4.79 Å². The van der Waals surface area contributed by atoms with Crippen molar-refractivity contribution in [2.75, 3.05) is 6.61 Å². The van der Waals surface area contributed by atoms with Crippen molar-refractivity contribution in [3.63, 3.8) is 0 Å². The maximum absolute atomic E-state index is 10.5. The van der Waals surface area contributed by atoms with Crippen LogP contribution in [0.2, 0.25) is 0 Å². The monoisotopic (exact) mass is 170 g/mol. The van der Waals surface area contributed by atoms with Crippen LogP contribution < -0.4 is 0 Å². The van der Waals surface area contributed by atoms with Gasteiger partial charge in [-0.05, 0) is 6.92 Å². The molecule has 0 saturated carbocycles. The molecule has 0 amide bonds. The second-order valence-electron chi connectivity index (χ2n) is 1.40. The van der Waals surface area contributed by atoms with Gasteiger partial charge in [0.1, 0.15) is 4.84 Å². The summed E-state index contributed by atoms with van der Waals surface area (Å²) in [6.07, 6.45) is 0.0664. The van der Waals surface area contributed by atoms with Crippen LogP contribution in [0.5, 0.6) is 0 Å². The molecule has 54 valence electrons. The number of hydrogen-bond donors (Lipinski definition) is 0. The van der Waals surface area contributed by atoms with Crippen LogP contribution in [-0.2, 0) is 9.53 Å². The van der Waals surface area contributed by atoms with Crippen molar-refractivity contribution in [2.24, 2.45) is 0 Å². The first kappa shape index (κ1) is 9.05. The molecule has 2 nitrogen and oxygen atoms in total.